The lowest BCUT2D eigenvalue weighted by Gasteiger charge is -2.17. The van der Waals surface area contributed by atoms with Crippen LogP contribution in [0.25, 0.3) is 0 Å². The maximum Gasteiger partial charge on any atom is 0.325 e. The van der Waals surface area contributed by atoms with Crippen molar-refractivity contribution >= 4 is 5.97 Å². The van der Waals surface area contributed by atoms with Gasteiger partial charge < -0.3 is 9.84 Å². The fourth-order valence-corrected chi connectivity index (χ4v) is 2.28. The molecule has 0 fully saturated rings. The van der Waals surface area contributed by atoms with Gasteiger partial charge in [-0.15, -0.1) is 0 Å². The van der Waals surface area contributed by atoms with Crippen LogP contribution < -0.4 is 10.1 Å². The summed E-state index contributed by atoms with van der Waals surface area (Å²) in [4.78, 5) is 11.5. The van der Waals surface area contributed by atoms with E-state index in [1.54, 1.807) is 12.1 Å². The third kappa shape index (κ3) is 3.83. The quantitative estimate of drug-likeness (QED) is 0.856. The predicted octanol–water partition coefficient (Wildman–Crippen LogP) is 2.92. The Bertz CT molecular complexity index is 625. The predicted molar refractivity (Wildman–Crippen MR) is 81.4 cm³/mol. The lowest BCUT2D eigenvalue weighted by atomic mass is 10.0. The van der Waals surface area contributed by atoms with Gasteiger partial charge in [0.1, 0.15) is 11.8 Å². The molecule has 0 saturated heterocycles. The van der Waals surface area contributed by atoms with Crippen molar-refractivity contribution in [3.8, 4) is 5.75 Å². The summed E-state index contributed by atoms with van der Waals surface area (Å²) < 4.78 is 5.24. The Labute approximate surface area is 124 Å². The second-order valence-corrected chi connectivity index (χ2v) is 4.88. The van der Waals surface area contributed by atoms with Crippen molar-refractivity contribution in [1.82, 2.24) is 5.32 Å². The van der Waals surface area contributed by atoms with Crippen molar-refractivity contribution in [2.24, 2.45) is 0 Å². The van der Waals surface area contributed by atoms with Crippen LogP contribution in [0.5, 0.6) is 5.75 Å². The first-order valence-electron chi connectivity index (χ1n) is 6.76. The van der Waals surface area contributed by atoms with E-state index in [2.05, 4.69) is 5.32 Å². The van der Waals surface area contributed by atoms with Crippen molar-refractivity contribution in [1.29, 1.82) is 0 Å². The monoisotopic (exact) mass is 285 g/mol. The van der Waals surface area contributed by atoms with Gasteiger partial charge in [-0.25, -0.2) is 0 Å². The van der Waals surface area contributed by atoms with E-state index >= 15 is 0 Å². The van der Waals surface area contributed by atoms with E-state index in [9.17, 15) is 9.90 Å². The number of aryl methyl sites for hydroxylation is 1. The molecule has 21 heavy (non-hydrogen) atoms. The molecule has 0 amide bonds. The molecular formula is C17H19NO3. The van der Waals surface area contributed by atoms with Gasteiger partial charge in [0.25, 0.3) is 0 Å². The van der Waals surface area contributed by atoms with Crippen LogP contribution >= 0.6 is 0 Å². The molecule has 0 aliphatic carbocycles. The van der Waals surface area contributed by atoms with Crippen molar-refractivity contribution < 1.29 is 14.6 Å². The normalized spacial score (nSPS) is 11.9. The van der Waals surface area contributed by atoms with Crippen LogP contribution in [0.2, 0.25) is 0 Å². The van der Waals surface area contributed by atoms with Crippen LogP contribution in [0.15, 0.2) is 48.5 Å². The Morgan fingerprint density at radius 2 is 2.00 bits per heavy atom. The molecule has 2 aromatic carbocycles. The van der Waals surface area contributed by atoms with Gasteiger partial charge in [-0.2, -0.15) is 0 Å². The third-order valence-electron chi connectivity index (χ3n) is 3.29. The van der Waals surface area contributed by atoms with Gasteiger partial charge in [0, 0.05) is 12.1 Å². The van der Waals surface area contributed by atoms with Gasteiger partial charge in [-0.05, 0) is 18.6 Å². The topological polar surface area (TPSA) is 58.6 Å². The highest BCUT2D eigenvalue weighted by atomic mass is 16.5. The summed E-state index contributed by atoms with van der Waals surface area (Å²) in [5.74, 6) is -0.353. The van der Waals surface area contributed by atoms with Gasteiger partial charge in [0.15, 0.2) is 0 Å². The number of benzene rings is 2. The minimum absolute atomic E-state index is 0.483. The highest BCUT2D eigenvalue weighted by Crippen LogP contribution is 2.25. The third-order valence-corrected chi connectivity index (χ3v) is 3.29. The number of ether oxygens (including phenoxy) is 1. The van der Waals surface area contributed by atoms with E-state index in [1.165, 1.54) is 7.11 Å². The molecule has 110 valence electrons. The number of carboxylic acid groups (broad SMARTS) is 1. The number of hydrogen-bond donors (Lipinski definition) is 2. The summed E-state index contributed by atoms with van der Waals surface area (Å²) in [6.45, 7) is 2.50. The van der Waals surface area contributed by atoms with Crippen LogP contribution in [0, 0.1) is 6.92 Å². The summed E-state index contributed by atoms with van der Waals surface area (Å²) in [6.07, 6.45) is 0. The van der Waals surface area contributed by atoms with Crippen molar-refractivity contribution in [2.45, 2.75) is 19.5 Å². The van der Waals surface area contributed by atoms with Gasteiger partial charge in [0.05, 0.1) is 7.11 Å². The molecule has 0 spiro atoms. The second-order valence-electron chi connectivity index (χ2n) is 4.88. The molecule has 1 atom stereocenters. The Morgan fingerprint density at radius 1 is 1.24 bits per heavy atom. The number of para-hydroxylation sites is 1. The largest absolute Gasteiger partial charge is 0.496 e. The lowest BCUT2D eigenvalue weighted by molar-refractivity contribution is -0.139. The number of aliphatic carboxylic acids is 1. The van der Waals surface area contributed by atoms with Crippen molar-refractivity contribution in [3.05, 3.63) is 65.2 Å². The minimum Gasteiger partial charge on any atom is -0.496 e. The van der Waals surface area contributed by atoms with Crippen molar-refractivity contribution in [2.75, 3.05) is 7.11 Å². The molecule has 1 unspecified atom stereocenters. The number of carbonyl (C=O) groups is 1. The number of methoxy groups -OCH3 is 1. The Hall–Kier alpha value is -2.33. The molecule has 0 radical (unpaired) electrons. The van der Waals surface area contributed by atoms with Gasteiger partial charge in [0.2, 0.25) is 0 Å². The molecule has 0 aromatic heterocycles. The smallest absolute Gasteiger partial charge is 0.325 e. The highest BCUT2D eigenvalue weighted by Gasteiger charge is 2.22. The molecule has 4 nitrogen and oxygen atoms in total. The average Bonchev–Trinajstić information content (AvgIpc) is 2.47. The first-order chi connectivity index (χ1) is 10.1. The SMILES string of the molecule is COc1ccccc1C(NCc1cccc(C)c1)C(=O)O. The maximum absolute atomic E-state index is 11.5. The number of nitrogens with one attached hydrogen (secondary N) is 1. The fourth-order valence-electron chi connectivity index (χ4n) is 2.28. The van der Waals surface area contributed by atoms with Crippen LogP contribution in [0.3, 0.4) is 0 Å². The Balaban J connectivity index is 2.18. The van der Waals surface area contributed by atoms with Gasteiger partial charge in [-0.3, -0.25) is 10.1 Å². The first kappa shape index (κ1) is 15.1. The molecule has 0 bridgehead atoms. The average molecular weight is 285 g/mol. The number of carboxylic acids is 1. The number of hydrogen-bond acceptors (Lipinski definition) is 3. The van der Waals surface area contributed by atoms with E-state index in [1.807, 2.05) is 43.3 Å². The molecule has 2 rings (SSSR count). The zero-order chi connectivity index (χ0) is 15.2. The molecular weight excluding hydrogens is 266 g/mol. The molecule has 2 aromatic rings. The van der Waals surface area contributed by atoms with Crippen LogP contribution in [-0.4, -0.2) is 18.2 Å². The Morgan fingerprint density at radius 3 is 2.67 bits per heavy atom. The summed E-state index contributed by atoms with van der Waals surface area (Å²) in [7, 11) is 1.54. The van der Waals surface area contributed by atoms with Crippen LogP contribution in [0.1, 0.15) is 22.7 Å². The van der Waals surface area contributed by atoms with E-state index < -0.39 is 12.0 Å². The summed E-state index contributed by atoms with van der Waals surface area (Å²) in [5, 5.41) is 12.5. The minimum atomic E-state index is -0.924. The van der Waals surface area contributed by atoms with Crippen molar-refractivity contribution in [3.63, 3.8) is 0 Å². The molecule has 0 heterocycles. The van der Waals surface area contributed by atoms with Gasteiger partial charge in [-0.1, -0.05) is 48.0 Å². The molecule has 0 saturated carbocycles. The molecule has 0 aliphatic rings. The molecule has 0 aliphatic heterocycles. The summed E-state index contributed by atoms with van der Waals surface area (Å²) >= 11 is 0. The molecule has 2 N–H and O–H groups in total. The highest BCUT2D eigenvalue weighted by molar-refractivity contribution is 5.76. The number of rotatable bonds is 6. The summed E-state index contributed by atoms with van der Waals surface area (Å²) in [6, 6.07) is 14.3. The summed E-state index contributed by atoms with van der Waals surface area (Å²) in [5.41, 5.74) is 2.83. The first-order valence-corrected chi connectivity index (χ1v) is 6.76. The second kappa shape index (κ2) is 6.90. The maximum atomic E-state index is 11.5. The van der Waals surface area contributed by atoms with E-state index in [-0.39, 0.29) is 0 Å². The molecule has 4 heteroatoms. The Kier molecular flexibility index (Phi) is 4.95. The van der Waals surface area contributed by atoms with E-state index in [4.69, 9.17) is 4.74 Å². The lowest BCUT2D eigenvalue weighted by Crippen LogP contribution is -2.28. The van der Waals surface area contributed by atoms with Gasteiger partial charge >= 0.3 is 5.97 Å². The van der Waals surface area contributed by atoms with Crippen LogP contribution in [0.4, 0.5) is 0 Å². The zero-order valence-electron chi connectivity index (χ0n) is 12.2. The van der Waals surface area contributed by atoms with Crippen LogP contribution in [-0.2, 0) is 11.3 Å². The standard InChI is InChI=1S/C17H19NO3/c1-12-6-5-7-13(10-12)11-18-16(17(19)20)14-8-3-4-9-15(14)21-2/h3-10,16,18H,11H2,1-2H3,(H,19,20). The zero-order valence-corrected chi connectivity index (χ0v) is 12.2. The van der Waals surface area contributed by atoms with E-state index in [0.717, 1.165) is 11.1 Å². The fraction of sp³-hybridized carbons (Fsp3) is 0.235. The van der Waals surface area contributed by atoms with E-state index in [0.29, 0.717) is 17.9 Å².